The van der Waals surface area contributed by atoms with Crippen LogP contribution in [0.2, 0.25) is 5.02 Å². The third-order valence-electron chi connectivity index (χ3n) is 3.71. The van der Waals surface area contributed by atoms with Gasteiger partial charge in [-0.25, -0.2) is 0 Å². The van der Waals surface area contributed by atoms with Crippen molar-refractivity contribution >= 4 is 56.5 Å². The van der Waals surface area contributed by atoms with Gasteiger partial charge in [0, 0.05) is 4.47 Å². The summed E-state index contributed by atoms with van der Waals surface area (Å²) in [5, 5.41) is 4.78. The number of nitrogens with one attached hydrogen (secondary N) is 2. The number of amides is 1. The fraction of sp³-hybridized carbons (Fsp3) is 0.263. The molecule has 0 heterocycles. The molecule has 156 valence electrons. The Labute approximate surface area is 184 Å². The van der Waals surface area contributed by atoms with Gasteiger partial charge in [0.05, 0.1) is 28.4 Å². The van der Waals surface area contributed by atoms with Gasteiger partial charge in [0.15, 0.2) is 5.11 Å². The highest BCUT2D eigenvalue weighted by Gasteiger charge is 2.31. The maximum absolute atomic E-state index is 12.9. The molecule has 0 spiro atoms. The first kappa shape index (κ1) is 23.4. The molecule has 0 saturated heterocycles. The van der Waals surface area contributed by atoms with E-state index in [9.17, 15) is 18.0 Å². The van der Waals surface area contributed by atoms with Gasteiger partial charge in [-0.15, -0.1) is 0 Å². The molecule has 0 unspecified atom stereocenters. The van der Waals surface area contributed by atoms with E-state index in [1.54, 1.807) is 18.2 Å². The lowest BCUT2D eigenvalue weighted by atomic mass is 10.2. The van der Waals surface area contributed by atoms with Crippen LogP contribution in [-0.4, -0.2) is 17.6 Å². The molecule has 2 aromatic carbocycles. The topological polar surface area (TPSA) is 50.4 Å². The Morgan fingerprint density at radius 1 is 1.24 bits per heavy atom. The Balaban J connectivity index is 2.14. The van der Waals surface area contributed by atoms with Crippen molar-refractivity contribution in [1.29, 1.82) is 0 Å². The number of benzene rings is 2. The van der Waals surface area contributed by atoms with Gasteiger partial charge in [-0.3, -0.25) is 10.1 Å². The Morgan fingerprint density at radius 2 is 1.97 bits per heavy atom. The molecular weight excluding hydrogens is 493 g/mol. The molecule has 29 heavy (non-hydrogen) atoms. The lowest BCUT2D eigenvalue weighted by Gasteiger charge is -2.15. The minimum atomic E-state index is -4.53. The monoisotopic (exact) mass is 508 g/mol. The number of halogens is 5. The predicted octanol–water partition coefficient (Wildman–Crippen LogP) is 6.43. The number of carbonyl (C=O) groups excluding carboxylic acids is 1. The highest BCUT2D eigenvalue weighted by atomic mass is 79.9. The minimum absolute atomic E-state index is 0.0284. The summed E-state index contributed by atoms with van der Waals surface area (Å²) in [4.78, 5) is 12.6. The number of carbonyl (C=O) groups is 1. The maximum atomic E-state index is 12.9. The van der Waals surface area contributed by atoms with Crippen molar-refractivity contribution in [3.05, 3.63) is 57.0 Å². The van der Waals surface area contributed by atoms with E-state index in [4.69, 9.17) is 28.6 Å². The third-order valence-corrected chi connectivity index (χ3v) is 4.74. The van der Waals surface area contributed by atoms with E-state index in [1.165, 1.54) is 0 Å². The molecule has 0 aliphatic heterocycles. The van der Waals surface area contributed by atoms with Crippen LogP contribution in [-0.2, 0) is 6.18 Å². The average Bonchev–Trinajstić information content (AvgIpc) is 2.63. The van der Waals surface area contributed by atoms with Crippen LogP contribution in [0, 0.1) is 0 Å². The van der Waals surface area contributed by atoms with Crippen LogP contribution in [0.3, 0.4) is 0 Å². The predicted molar refractivity (Wildman–Crippen MR) is 115 cm³/mol. The van der Waals surface area contributed by atoms with Gasteiger partial charge >= 0.3 is 6.18 Å². The summed E-state index contributed by atoms with van der Waals surface area (Å²) >= 11 is 14.3. The zero-order chi connectivity index (χ0) is 21.6. The summed E-state index contributed by atoms with van der Waals surface area (Å²) < 4.78 is 45.0. The van der Waals surface area contributed by atoms with Gasteiger partial charge < -0.3 is 10.1 Å². The second-order valence-electron chi connectivity index (χ2n) is 5.94. The minimum Gasteiger partial charge on any atom is -0.493 e. The zero-order valence-electron chi connectivity index (χ0n) is 15.2. The number of alkyl halides is 3. The molecule has 1 amide bonds. The van der Waals surface area contributed by atoms with Gasteiger partial charge in [-0.05, 0) is 55.0 Å². The molecule has 0 fully saturated rings. The van der Waals surface area contributed by atoms with Gasteiger partial charge in [-0.1, -0.05) is 40.9 Å². The molecule has 2 N–H and O–H groups in total. The number of anilines is 1. The normalized spacial score (nSPS) is 11.1. The van der Waals surface area contributed by atoms with E-state index in [0.29, 0.717) is 16.8 Å². The number of thiocarbonyl (C=S) groups is 1. The standard InChI is InChI=1S/C19H17BrClF3N2O2S/c1-2-3-8-28-16-7-5-12(20)10-13(16)17(27)26-18(29)25-15-9-11(19(22,23)24)4-6-14(15)21/h4-7,9-10H,2-3,8H2,1H3,(H2,25,26,27,29). The highest BCUT2D eigenvalue weighted by Crippen LogP contribution is 2.33. The lowest BCUT2D eigenvalue weighted by Crippen LogP contribution is -2.34. The summed E-state index contributed by atoms with van der Waals surface area (Å²) in [6.45, 7) is 2.46. The second kappa shape index (κ2) is 10.3. The van der Waals surface area contributed by atoms with Crippen molar-refractivity contribution in [1.82, 2.24) is 5.32 Å². The highest BCUT2D eigenvalue weighted by molar-refractivity contribution is 9.10. The Morgan fingerprint density at radius 3 is 2.62 bits per heavy atom. The van der Waals surface area contributed by atoms with Crippen LogP contribution in [0.5, 0.6) is 5.75 Å². The summed E-state index contributed by atoms with van der Waals surface area (Å²) in [5.74, 6) is -0.197. The Kier molecular flexibility index (Phi) is 8.30. The maximum Gasteiger partial charge on any atom is 0.416 e. The molecule has 2 rings (SSSR count). The molecule has 0 radical (unpaired) electrons. The molecule has 0 saturated carbocycles. The van der Waals surface area contributed by atoms with Crippen molar-refractivity contribution in [3.8, 4) is 5.75 Å². The van der Waals surface area contributed by atoms with Gasteiger partial charge in [0.1, 0.15) is 5.75 Å². The van der Waals surface area contributed by atoms with Crippen molar-refractivity contribution in [2.24, 2.45) is 0 Å². The number of hydrogen-bond donors (Lipinski definition) is 2. The van der Waals surface area contributed by atoms with E-state index in [-0.39, 0.29) is 21.4 Å². The Bertz CT molecular complexity index is 910. The summed E-state index contributed by atoms with van der Waals surface area (Å²) in [6, 6.07) is 7.73. The van der Waals surface area contributed by atoms with Gasteiger partial charge in [0.2, 0.25) is 0 Å². The first-order valence-corrected chi connectivity index (χ1v) is 10.1. The quantitative estimate of drug-likeness (QED) is 0.348. The smallest absolute Gasteiger partial charge is 0.416 e. The van der Waals surface area contributed by atoms with E-state index in [2.05, 4.69) is 26.6 Å². The second-order valence-corrected chi connectivity index (χ2v) is 7.67. The lowest BCUT2D eigenvalue weighted by molar-refractivity contribution is -0.137. The average molecular weight is 510 g/mol. The SMILES string of the molecule is CCCCOc1ccc(Br)cc1C(=O)NC(=S)Nc1cc(C(F)(F)F)ccc1Cl. The summed E-state index contributed by atoms with van der Waals surface area (Å²) in [6.07, 6.45) is -2.78. The first-order chi connectivity index (χ1) is 13.6. The molecule has 4 nitrogen and oxygen atoms in total. The molecule has 0 aromatic heterocycles. The van der Waals surface area contributed by atoms with Crippen molar-refractivity contribution in [2.75, 3.05) is 11.9 Å². The molecule has 0 aliphatic carbocycles. The number of rotatable bonds is 6. The molecule has 0 atom stereocenters. The van der Waals surface area contributed by atoms with Crippen molar-refractivity contribution in [3.63, 3.8) is 0 Å². The first-order valence-electron chi connectivity index (χ1n) is 8.53. The van der Waals surface area contributed by atoms with Crippen LogP contribution >= 0.6 is 39.7 Å². The van der Waals surface area contributed by atoms with E-state index >= 15 is 0 Å². The molecule has 0 bridgehead atoms. The number of unbranched alkanes of at least 4 members (excludes halogenated alkanes) is 1. The van der Waals surface area contributed by atoms with Gasteiger partial charge in [0.25, 0.3) is 5.91 Å². The zero-order valence-corrected chi connectivity index (χ0v) is 18.4. The van der Waals surface area contributed by atoms with Crippen LogP contribution in [0.15, 0.2) is 40.9 Å². The van der Waals surface area contributed by atoms with E-state index in [1.807, 2.05) is 6.92 Å². The van der Waals surface area contributed by atoms with Crippen molar-refractivity contribution < 1.29 is 22.7 Å². The van der Waals surface area contributed by atoms with Crippen molar-refractivity contribution in [2.45, 2.75) is 25.9 Å². The van der Waals surface area contributed by atoms with Gasteiger partial charge in [-0.2, -0.15) is 13.2 Å². The number of hydrogen-bond acceptors (Lipinski definition) is 3. The molecule has 10 heteroatoms. The Hall–Kier alpha value is -1.84. The summed E-state index contributed by atoms with van der Waals surface area (Å²) in [5.41, 5.74) is -0.729. The fourth-order valence-electron chi connectivity index (χ4n) is 2.25. The fourth-order valence-corrected chi connectivity index (χ4v) is 2.98. The largest absolute Gasteiger partial charge is 0.493 e. The van der Waals surface area contributed by atoms with E-state index < -0.39 is 17.6 Å². The van der Waals surface area contributed by atoms with Crippen LogP contribution < -0.4 is 15.4 Å². The molecular formula is C19H17BrClF3N2O2S. The van der Waals surface area contributed by atoms with Crippen LogP contribution in [0.25, 0.3) is 0 Å². The van der Waals surface area contributed by atoms with Crippen LogP contribution in [0.1, 0.15) is 35.7 Å². The van der Waals surface area contributed by atoms with E-state index in [0.717, 1.165) is 31.0 Å². The molecule has 2 aromatic rings. The third kappa shape index (κ3) is 6.87. The molecule has 0 aliphatic rings. The van der Waals surface area contributed by atoms with Crippen LogP contribution in [0.4, 0.5) is 18.9 Å². The summed E-state index contributed by atoms with van der Waals surface area (Å²) in [7, 11) is 0. The number of ether oxygens (including phenoxy) is 1.